The van der Waals surface area contributed by atoms with E-state index in [-0.39, 0.29) is 16.8 Å². The van der Waals surface area contributed by atoms with Crippen LogP contribution in [0.2, 0.25) is 10.0 Å². The van der Waals surface area contributed by atoms with Gasteiger partial charge in [0.2, 0.25) is 5.91 Å². The molecule has 3 rings (SSSR count). The van der Waals surface area contributed by atoms with E-state index in [1.807, 2.05) is 6.07 Å². The Morgan fingerprint density at radius 1 is 0.939 bits per heavy atom. The highest BCUT2D eigenvalue weighted by Gasteiger charge is 2.18. The van der Waals surface area contributed by atoms with Gasteiger partial charge in [-0.05, 0) is 55.5 Å². The van der Waals surface area contributed by atoms with Crippen LogP contribution < -0.4 is 20.1 Å². The Bertz CT molecular complexity index is 1170. The summed E-state index contributed by atoms with van der Waals surface area (Å²) >= 11 is 13.4. The lowest BCUT2D eigenvalue weighted by Gasteiger charge is -2.15. The second-order valence-corrected chi connectivity index (χ2v) is 9.18. The van der Waals surface area contributed by atoms with Crippen molar-refractivity contribution in [3.63, 3.8) is 0 Å². The first kappa shape index (κ1) is 24.8. The van der Waals surface area contributed by atoms with Gasteiger partial charge in [0.25, 0.3) is 5.91 Å². The van der Waals surface area contributed by atoms with Gasteiger partial charge in [-0.2, -0.15) is 0 Å². The van der Waals surface area contributed by atoms with Gasteiger partial charge in [-0.3, -0.25) is 9.59 Å². The molecule has 1 unspecified atom stereocenters. The minimum Gasteiger partial charge on any atom is -0.497 e. The summed E-state index contributed by atoms with van der Waals surface area (Å²) in [6.45, 7) is 1.80. The average Bonchev–Trinajstić information content (AvgIpc) is 2.79. The number of rotatable bonds is 8. The Morgan fingerprint density at radius 3 is 2.42 bits per heavy atom. The summed E-state index contributed by atoms with van der Waals surface area (Å²) in [5.41, 5.74) is 1.42. The molecule has 3 aromatic carbocycles. The maximum atomic E-state index is 12.8. The molecule has 33 heavy (non-hydrogen) atoms. The van der Waals surface area contributed by atoms with Crippen molar-refractivity contribution in [2.45, 2.75) is 17.1 Å². The number of thioether (sulfide) groups is 1. The molecule has 2 N–H and O–H groups in total. The second kappa shape index (κ2) is 11.3. The van der Waals surface area contributed by atoms with Crippen molar-refractivity contribution in [3.8, 4) is 11.5 Å². The number of carbonyl (C=O) groups excluding carboxylic acids is 2. The molecule has 0 aliphatic carbocycles. The summed E-state index contributed by atoms with van der Waals surface area (Å²) in [4.78, 5) is 26.2. The first-order valence-corrected chi connectivity index (χ1v) is 11.5. The number of benzene rings is 3. The van der Waals surface area contributed by atoms with E-state index in [1.54, 1.807) is 62.6 Å². The van der Waals surface area contributed by atoms with Gasteiger partial charge in [-0.25, -0.2) is 0 Å². The van der Waals surface area contributed by atoms with E-state index >= 15 is 0 Å². The van der Waals surface area contributed by atoms with Gasteiger partial charge in [-0.1, -0.05) is 29.3 Å². The lowest BCUT2D eigenvalue weighted by molar-refractivity contribution is -0.115. The Labute approximate surface area is 206 Å². The molecule has 0 spiro atoms. The molecule has 0 saturated carbocycles. The highest BCUT2D eigenvalue weighted by Crippen LogP contribution is 2.31. The van der Waals surface area contributed by atoms with E-state index in [0.717, 1.165) is 4.90 Å². The van der Waals surface area contributed by atoms with Crippen LogP contribution in [-0.4, -0.2) is 31.3 Å². The van der Waals surface area contributed by atoms with Crippen molar-refractivity contribution in [1.82, 2.24) is 0 Å². The number of carbonyl (C=O) groups is 2. The topological polar surface area (TPSA) is 76.7 Å². The van der Waals surface area contributed by atoms with Crippen LogP contribution in [0.25, 0.3) is 0 Å². The molecular formula is C24H22Cl2N2O4S. The Kier molecular flexibility index (Phi) is 8.49. The largest absolute Gasteiger partial charge is 0.497 e. The molecule has 9 heteroatoms. The number of hydrogen-bond acceptors (Lipinski definition) is 5. The van der Waals surface area contributed by atoms with E-state index < -0.39 is 5.25 Å². The third-order valence-electron chi connectivity index (χ3n) is 4.61. The van der Waals surface area contributed by atoms with Gasteiger partial charge in [0.05, 0.1) is 35.7 Å². The van der Waals surface area contributed by atoms with Crippen molar-refractivity contribution in [2.75, 3.05) is 24.9 Å². The molecule has 0 radical (unpaired) electrons. The van der Waals surface area contributed by atoms with Gasteiger partial charge in [0.1, 0.15) is 11.5 Å². The number of hydrogen-bond donors (Lipinski definition) is 2. The first-order chi connectivity index (χ1) is 15.8. The zero-order chi connectivity index (χ0) is 24.0. The minimum atomic E-state index is -0.419. The number of ether oxygens (including phenoxy) is 2. The summed E-state index contributed by atoms with van der Waals surface area (Å²) in [5, 5.41) is 5.99. The molecule has 0 heterocycles. The summed E-state index contributed by atoms with van der Waals surface area (Å²) in [6, 6.07) is 17.1. The van der Waals surface area contributed by atoms with Crippen LogP contribution in [0.5, 0.6) is 11.5 Å². The normalized spacial score (nSPS) is 11.4. The molecule has 6 nitrogen and oxygen atoms in total. The average molecular weight is 505 g/mol. The van der Waals surface area contributed by atoms with Crippen LogP contribution in [-0.2, 0) is 4.79 Å². The smallest absolute Gasteiger partial charge is 0.257 e. The van der Waals surface area contributed by atoms with Gasteiger partial charge < -0.3 is 20.1 Å². The van der Waals surface area contributed by atoms with E-state index in [0.29, 0.717) is 33.5 Å². The van der Waals surface area contributed by atoms with Crippen LogP contribution in [0.1, 0.15) is 17.3 Å². The first-order valence-electron chi connectivity index (χ1n) is 9.86. The molecule has 0 aromatic heterocycles. The zero-order valence-electron chi connectivity index (χ0n) is 18.1. The monoisotopic (exact) mass is 504 g/mol. The maximum Gasteiger partial charge on any atom is 0.257 e. The highest BCUT2D eigenvalue weighted by molar-refractivity contribution is 8.00. The van der Waals surface area contributed by atoms with Crippen molar-refractivity contribution in [3.05, 3.63) is 76.3 Å². The van der Waals surface area contributed by atoms with Crippen molar-refractivity contribution < 1.29 is 19.1 Å². The van der Waals surface area contributed by atoms with E-state index in [1.165, 1.54) is 24.9 Å². The van der Waals surface area contributed by atoms with Gasteiger partial charge >= 0.3 is 0 Å². The van der Waals surface area contributed by atoms with Crippen molar-refractivity contribution >= 4 is 58.2 Å². The molecule has 0 aliphatic heterocycles. The standard InChI is InChI=1S/C24H22Cl2N2O4S/c1-14(23(29)28-21-13-17(31-2)8-10-22(21)32-3)33-18-6-4-5-16(12-18)27-24(30)19-9-7-15(25)11-20(19)26/h4-14H,1-3H3,(H,27,30)(H,28,29). The van der Waals surface area contributed by atoms with Gasteiger partial charge in [0.15, 0.2) is 0 Å². The van der Waals surface area contributed by atoms with E-state index in [4.69, 9.17) is 32.7 Å². The Hall–Kier alpha value is -2.87. The molecule has 172 valence electrons. The SMILES string of the molecule is COc1ccc(OC)c(NC(=O)C(C)Sc2cccc(NC(=O)c3ccc(Cl)cc3Cl)c2)c1. The highest BCUT2D eigenvalue weighted by atomic mass is 35.5. The number of amides is 2. The lowest BCUT2D eigenvalue weighted by Crippen LogP contribution is -2.22. The lowest BCUT2D eigenvalue weighted by atomic mass is 10.2. The molecule has 0 fully saturated rings. The molecule has 0 bridgehead atoms. The zero-order valence-corrected chi connectivity index (χ0v) is 20.5. The number of halogens is 2. The fraction of sp³-hybridized carbons (Fsp3) is 0.167. The van der Waals surface area contributed by atoms with E-state index in [2.05, 4.69) is 10.6 Å². The molecule has 0 aliphatic rings. The van der Waals surface area contributed by atoms with Crippen LogP contribution in [0.4, 0.5) is 11.4 Å². The van der Waals surface area contributed by atoms with Crippen LogP contribution >= 0.6 is 35.0 Å². The second-order valence-electron chi connectivity index (χ2n) is 6.92. The fourth-order valence-corrected chi connectivity index (χ4v) is 4.34. The molecule has 1 atom stereocenters. The third-order valence-corrected chi connectivity index (χ3v) is 6.26. The van der Waals surface area contributed by atoms with Crippen LogP contribution in [0.15, 0.2) is 65.6 Å². The van der Waals surface area contributed by atoms with Gasteiger partial charge in [-0.15, -0.1) is 11.8 Å². The quantitative estimate of drug-likeness (QED) is 0.348. The predicted molar refractivity (Wildman–Crippen MR) is 134 cm³/mol. The third kappa shape index (κ3) is 6.57. The van der Waals surface area contributed by atoms with Crippen molar-refractivity contribution in [1.29, 1.82) is 0 Å². The summed E-state index contributed by atoms with van der Waals surface area (Å²) in [6.07, 6.45) is 0. The number of anilines is 2. The predicted octanol–water partition coefficient (Wildman–Crippen LogP) is 6.38. The summed E-state index contributed by atoms with van der Waals surface area (Å²) in [7, 11) is 3.09. The summed E-state index contributed by atoms with van der Waals surface area (Å²) in [5.74, 6) is 0.589. The minimum absolute atomic E-state index is 0.200. The number of methoxy groups -OCH3 is 2. The number of nitrogens with one attached hydrogen (secondary N) is 2. The van der Waals surface area contributed by atoms with Crippen LogP contribution in [0, 0.1) is 0 Å². The maximum absolute atomic E-state index is 12.8. The van der Waals surface area contributed by atoms with Crippen molar-refractivity contribution in [2.24, 2.45) is 0 Å². The summed E-state index contributed by atoms with van der Waals surface area (Å²) < 4.78 is 10.5. The van der Waals surface area contributed by atoms with Gasteiger partial charge in [0, 0.05) is 21.7 Å². The molecule has 0 saturated heterocycles. The molecular weight excluding hydrogens is 483 g/mol. The Balaban J connectivity index is 1.67. The Morgan fingerprint density at radius 2 is 1.73 bits per heavy atom. The van der Waals surface area contributed by atoms with E-state index in [9.17, 15) is 9.59 Å². The van der Waals surface area contributed by atoms with Crippen LogP contribution in [0.3, 0.4) is 0 Å². The molecule has 2 amide bonds. The molecule has 3 aromatic rings. The fourth-order valence-electron chi connectivity index (χ4n) is 2.92.